The van der Waals surface area contributed by atoms with Gasteiger partial charge in [-0.15, -0.1) is 11.3 Å². The van der Waals surface area contributed by atoms with Gasteiger partial charge in [-0.2, -0.15) is 4.31 Å². The van der Waals surface area contributed by atoms with Crippen molar-refractivity contribution in [1.82, 2.24) is 9.62 Å². The van der Waals surface area contributed by atoms with E-state index in [1.54, 1.807) is 0 Å². The van der Waals surface area contributed by atoms with E-state index >= 15 is 0 Å². The number of nitrogens with one attached hydrogen (secondary N) is 1. The Morgan fingerprint density at radius 1 is 1.21 bits per heavy atom. The van der Waals surface area contributed by atoms with Gasteiger partial charge in [-0.05, 0) is 54.7 Å². The molecule has 0 saturated carbocycles. The number of nitrogens with zero attached hydrogens (tertiary/aromatic N) is 1. The number of thiophene rings is 1. The Hall–Kier alpha value is -2.27. The summed E-state index contributed by atoms with van der Waals surface area (Å²) in [5.74, 6) is -1.22. The van der Waals surface area contributed by atoms with Crippen molar-refractivity contribution in [3.8, 4) is 0 Å². The number of esters is 1. The van der Waals surface area contributed by atoms with Crippen molar-refractivity contribution < 1.29 is 27.9 Å². The summed E-state index contributed by atoms with van der Waals surface area (Å²) in [5.41, 5.74) is 2.13. The molecule has 0 bridgehead atoms. The highest BCUT2D eigenvalue weighted by molar-refractivity contribution is 7.89. The number of hydrogen-bond donors (Lipinski definition) is 2. The van der Waals surface area contributed by atoms with Crippen molar-refractivity contribution in [2.24, 2.45) is 5.92 Å². The third-order valence-corrected chi connectivity index (χ3v) is 8.83. The molecule has 33 heavy (non-hydrogen) atoms. The van der Waals surface area contributed by atoms with Gasteiger partial charge in [0.1, 0.15) is 9.77 Å². The van der Waals surface area contributed by atoms with E-state index in [2.05, 4.69) is 12.2 Å². The molecule has 3 rings (SSSR count). The highest BCUT2D eigenvalue weighted by Crippen LogP contribution is 2.29. The van der Waals surface area contributed by atoms with Gasteiger partial charge in [0.2, 0.25) is 10.0 Å². The topological polar surface area (TPSA) is 113 Å². The van der Waals surface area contributed by atoms with Crippen molar-refractivity contribution in [3.63, 3.8) is 0 Å². The van der Waals surface area contributed by atoms with E-state index < -0.39 is 28.5 Å². The first-order valence-corrected chi connectivity index (χ1v) is 13.3. The molecule has 8 nitrogen and oxygen atoms in total. The zero-order valence-electron chi connectivity index (χ0n) is 18.8. The molecule has 180 valence electrons. The Labute approximate surface area is 198 Å². The molecule has 1 saturated heterocycles. The van der Waals surface area contributed by atoms with Crippen molar-refractivity contribution >= 4 is 33.2 Å². The number of amides is 1. The number of sulfonamides is 1. The van der Waals surface area contributed by atoms with Gasteiger partial charge >= 0.3 is 5.97 Å². The number of hydrogen-bond acceptors (Lipinski definition) is 7. The summed E-state index contributed by atoms with van der Waals surface area (Å²) in [6.07, 6.45) is 2.07. The molecule has 0 radical (unpaired) electrons. The van der Waals surface area contributed by atoms with Crippen LogP contribution in [0.3, 0.4) is 0 Å². The number of benzene rings is 1. The Balaban J connectivity index is 1.58. The summed E-state index contributed by atoms with van der Waals surface area (Å²) in [6, 6.07) is 9.02. The van der Waals surface area contributed by atoms with E-state index in [1.807, 2.05) is 31.2 Å². The SMILES string of the molecule is CCc1ccc([C@H](C)NC(=O)COC(=O)c2sccc2S(=O)(=O)N2CCC(CO)CC2)cc1. The maximum Gasteiger partial charge on any atom is 0.350 e. The van der Waals surface area contributed by atoms with Crippen LogP contribution in [0.25, 0.3) is 0 Å². The molecule has 2 N–H and O–H groups in total. The van der Waals surface area contributed by atoms with E-state index in [0.29, 0.717) is 12.8 Å². The van der Waals surface area contributed by atoms with Crippen LogP contribution in [0.5, 0.6) is 0 Å². The molecule has 1 fully saturated rings. The smallest absolute Gasteiger partial charge is 0.350 e. The third-order valence-electron chi connectivity index (χ3n) is 5.86. The molecule has 1 aliphatic heterocycles. The summed E-state index contributed by atoms with van der Waals surface area (Å²) < 4.78 is 32.5. The molecule has 2 aromatic rings. The highest BCUT2D eigenvalue weighted by atomic mass is 32.2. The lowest BCUT2D eigenvalue weighted by Crippen LogP contribution is -2.39. The molecular formula is C23H30N2O6S2. The summed E-state index contributed by atoms with van der Waals surface area (Å²) in [7, 11) is -3.86. The summed E-state index contributed by atoms with van der Waals surface area (Å²) in [5, 5.41) is 13.6. The predicted octanol–water partition coefficient (Wildman–Crippen LogP) is 2.74. The Bertz CT molecular complexity index is 1060. The Morgan fingerprint density at radius 2 is 1.88 bits per heavy atom. The van der Waals surface area contributed by atoms with E-state index in [4.69, 9.17) is 4.74 Å². The van der Waals surface area contributed by atoms with E-state index in [-0.39, 0.29) is 41.4 Å². The first-order chi connectivity index (χ1) is 15.8. The first-order valence-electron chi connectivity index (χ1n) is 11.0. The molecule has 1 aromatic heterocycles. The van der Waals surface area contributed by atoms with Gasteiger partial charge in [0.25, 0.3) is 5.91 Å². The number of aliphatic hydroxyl groups is 1. The van der Waals surface area contributed by atoms with Gasteiger partial charge in [-0.1, -0.05) is 31.2 Å². The van der Waals surface area contributed by atoms with Crippen molar-refractivity contribution in [3.05, 3.63) is 51.7 Å². The number of aryl methyl sites for hydroxylation is 1. The normalized spacial score (nSPS) is 16.3. The lowest BCUT2D eigenvalue weighted by Gasteiger charge is -2.30. The average Bonchev–Trinajstić information content (AvgIpc) is 3.34. The average molecular weight is 495 g/mol. The van der Waals surface area contributed by atoms with Crippen LogP contribution in [-0.2, 0) is 26.0 Å². The third kappa shape index (κ3) is 6.20. The Morgan fingerprint density at radius 3 is 2.48 bits per heavy atom. The van der Waals surface area contributed by atoms with Gasteiger partial charge in [-0.25, -0.2) is 13.2 Å². The fraction of sp³-hybridized carbons (Fsp3) is 0.478. The number of carbonyl (C=O) groups excluding carboxylic acids is 2. The lowest BCUT2D eigenvalue weighted by molar-refractivity contribution is -0.124. The molecule has 1 atom stereocenters. The summed E-state index contributed by atoms with van der Waals surface area (Å²) >= 11 is 0.967. The van der Waals surface area contributed by atoms with Crippen LogP contribution in [0.2, 0.25) is 0 Å². The predicted molar refractivity (Wildman–Crippen MR) is 126 cm³/mol. The number of aliphatic hydroxyl groups excluding tert-OH is 1. The van der Waals surface area contributed by atoms with Gasteiger partial charge in [0, 0.05) is 19.7 Å². The molecule has 0 spiro atoms. The standard InChI is InChI=1S/C23H30N2O6S2/c1-3-17-4-6-19(7-5-17)16(2)24-21(27)15-31-23(28)22-20(10-13-32-22)33(29,30)25-11-8-18(14-26)9-12-25/h4-7,10,13,16,18,26H,3,8-9,11-12,14-15H2,1-2H3,(H,24,27)/t16-/m0/s1. The number of rotatable bonds is 9. The maximum atomic E-state index is 13.0. The minimum absolute atomic E-state index is 0.0364. The summed E-state index contributed by atoms with van der Waals surface area (Å²) in [6.45, 7) is 4.02. The number of piperidine rings is 1. The number of ether oxygens (including phenoxy) is 1. The van der Waals surface area contributed by atoms with Crippen LogP contribution in [0, 0.1) is 5.92 Å². The lowest BCUT2D eigenvalue weighted by atomic mass is 10.00. The second-order valence-electron chi connectivity index (χ2n) is 8.10. The molecule has 10 heteroatoms. The fourth-order valence-corrected chi connectivity index (χ4v) is 6.48. The Kier molecular flexibility index (Phi) is 8.63. The molecule has 1 aromatic carbocycles. The molecule has 0 unspecified atom stereocenters. The zero-order chi connectivity index (χ0) is 24.0. The van der Waals surface area contributed by atoms with Crippen molar-refractivity contribution in [1.29, 1.82) is 0 Å². The van der Waals surface area contributed by atoms with Gasteiger partial charge < -0.3 is 15.2 Å². The molecule has 2 heterocycles. The van der Waals surface area contributed by atoms with Crippen LogP contribution < -0.4 is 5.32 Å². The largest absolute Gasteiger partial charge is 0.451 e. The second-order valence-corrected chi connectivity index (χ2v) is 10.9. The van der Waals surface area contributed by atoms with Crippen LogP contribution in [-0.4, -0.2) is 56.0 Å². The minimum atomic E-state index is -3.86. The molecular weight excluding hydrogens is 464 g/mol. The minimum Gasteiger partial charge on any atom is -0.451 e. The quantitative estimate of drug-likeness (QED) is 0.519. The van der Waals surface area contributed by atoms with Crippen LogP contribution in [0.4, 0.5) is 0 Å². The van der Waals surface area contributed by atoms with Crippen LogP contribution in [0.15, 0.2) is 40.6 Å². The van der Waals surface area contributed by atoms with Crippen molar-refractivity contribution in [2.75, 3.05) is 26.3 Å². The molecule has 1 amide bonds. The van der Waals surface area contributed by atoms with Crippen LogP contribution in [0.1, 0.15) is 53.5 Å². The van der Waals surface area contributed by atoms with Crippen molar-refractivity contribution in [2.45, 2.75) is 44.0 Å². The van der Waals surface area contributed by atoms with E-state index in [0.717, 1.165) is 23.3 Å². The molecule has 1 aliphatic rings. The fourth-order valence-electron chi connectivity index (χ4n) is 3.73. The van der Waals surface area contributed by atoms with Crippen LogP contribution >= 0.6 is 11.3 Å². The monoisotopic (exact) mass is 494 g/mol. The van der Waals surface area contributed by atoms with E-state index in [1.165, 1.54) is 21.3 Å². The second kappa shape index (κ2) is 11.2. The highest BCUT2D eigenvalue weighted by Gasteiger charge is 2.33. The van der Waals surface area contributed by atoms with Gasteiger partial charge in [0.05, 0.1) is 6.04 Å². The maximum absolute atomic E-state index is 13.0. The van der Waals surface area contributed by atoms with Gasteiger partial charge in [-0.3, -0.25) is 4.79 Å². The zero-order valence-corrected chi connectivity index (χ0v) is 20.5. The number of carbonyl (C=O) groups is 2. The summed E-state index contributed by atoms with van der Waals surface area (Å²) in [4.78, 5) is 24.7. The molecule has 0 aliphatic carbocycles. The first kappa shape index (κ1) is 25.4. The van der Waals surface area contributed by atoms with Gasteiger partial charge in [0.15, 0.2) is 6.61 Å². The van der Waals surface area contributed by atoms with E-state index in [9.17, 15) is 23.1 Å².